The van der Waals surface area contributed by atoms with Crippen LogP contribution in [-0.4, -0.2) is 21.0 Å². The first-order valence-electron chi connectivity index (χ1n) is 9.34. The predicted octanol–water partition coefficient (Wildman–Crippen LogP) is 6.69. The van der Waals surface area contributed by atoms with E-state index in [1.807, 2.05) is 30.3 Å². The van der Waals surface area contributed by atoms with Crippen LogP contribution in [0.25, 0.3) is 33.5 Å². The molecule has 0 atom stereocenters. The molecule has 5 aromatic rings. The molecule has 0 aliphatic heterocycles. The van der Waals surface area contributed by atoms with Crippen LogP contribution in [-0.2, 0) is 0 Å². The molecule has 0 radical (unpaired) electrons. The number of hydrogen-bond donors (Lipinski definition) is 1. The number of benzene rings is 3. The molecule has 0 spiro atoms. The van der Waals surface area contributed by atoms with E-state index < -0.39 is 0 Å². The summed E-state index contributed by atoms with van der Waals surface area (Å²) in [5.41, 5.74) is 1.57. The van der Waals surface area contributed by atoms with Crippen molar-refractivity contribution in [2.45, 2.75) is 0 Å². The quantitative estimate of drug-likeness (QED) is 0.229. The Hall–Kier alpha value is -2.75. The molecule has 2 aromatic heterocycles. The van der Waals surface area contributed by atoms with Crippen molar-refractivity contribution in [2.75, 3.05) is 0 Å². The Bertz CT molecular complexity index is 1580. The van der Waals surface area contributed by atoms with Crippen molar-refractivity contribution >= 4 is 75.9 Å². The number of furan rings is 1. The van der Waals surface area contributed by atoms with Crippen LogP contribution in [0.3, 0.4) is 0 Å². The van der Waals surface area contributed by atoms with Crippen LogP contribution >= 0.6 is 47.8 Å². The van der Waals surface area contributed by atoms with Crippen molar-refractivity contribution in [2.24, 2.45) is 5.10 Å². The summed E-state index contributed by atoms with van der Waals surface area (Å²) in [5, 5.41) is 15.7. The molecule has 0 saturated heterocycles. The fourth-order valence-electron chi connectivity index (χ4n) is 3.30. The third kappa shape index (κ3) is 3.80. The zero-order chi connectivity index (χ0) is 22.4. The molecule has 9 heteroatoms. The Morgan fingerprint density at radius 3 is 2.53 bits per heavy atom. The zero-order valence-corrected chi connectivity index (χ0v) is 20.8. The molecule has 3 aromatic carbocycles. The summed E-state index contributed by atoms with van der Waals surface area (Å²) in [7, 11) is 0. The summed E-state index contributed by atoms with van der Waals surface area (Å²) in [6, 6.07) is 18.0. The standard InChI is InChI=1S/C23H12Br3N3O3/c24-14-5-6-19-13(9-14)10-20(32-19)22-28-18-4-2-1-3-15(18)23(31)29(22)27-11-12-7-16(25)21(30)17(26)8-12/h1-11,30H. The van der Waals surface area contributed by atoms with Gasteiger partial charge in [0.05, 0.1) is 26.1 Å². The van der Waals surface area contributed by atoms with E-state index in [0.717, 1.165) is 9.86 Å². The maximum absolute atomic E-state index is 13.3. The normalized spacial score (nSPS) is 11.7. The molecule has 0 amide bonds. The van der Waals surface area contributed by atoms with Gasteiger partial charge in [-0.25, -0.2) is 4.98 Å². The topological polar surface area (TPSA) is 80.6 Å². The van der Waals surface area contributed by atoms with E-state index in [1.165, 1.54) is 10.9 Å². The molecule has 0 saturated carbocycles. The number of hydrogen-bond acceptors (Lipinski definition) is 5. The van der Waals surface area contributed by atoms with Gasteiger partial charge in [0, 0.05) is 9.86 Å². The van der Waals surface area contributed by atoms with Gasteiger partial charge < -0.3 is 9.52 Å². The van der Waals surface area contributed by atoms with Crippen LogP contribution in [0.2, 0.25) is 0 Å². The van der Waals surface area contributed by atoms with Crippen LogP contribution < -0.4 is 5.56 Å². The van der Waals surface area contributed by atoms with E-state index >= 15 is 0 Å². The number of halogens is 3. The number of rotatable bonds is 3. The number of aromatic hydroxyl groups is 1. The van der Waals surface area contributed by atoms with Crippen molar-refractivity contribution < 1.29 is 9.52 Å². The first-order chi connectivity index (χ1) is 15.4. The fraction of sp³-hybridized carbons (Fsp3) is 0. The molecule has 6 nitrogen and oxygen atoms in total. The molecule has 0 bridgehead atoms. The second-order valence-corrected chi connectivity index (χ2v) is 9.56. The van der Waals surface area contributed by atoms with Gasteiger partial charge in [0.1, 0.15) is 11.3 Å². The first kappa shape index (κ1) is 21.1. The van der Waals surface area contributed by atoms with E-state index in [9.17, 15) is 9.90 Å². The SMILES string of the molecule is O=c1c2ccccc2nc(-c2cc3cc(Br)ccc3o2)n1N=Cc1cc(Br)c(O)c(Br)c1. The fourth-order valence-corrected chi connectivity index (χ4v) is 4.90. The Kier molecular flexibility index (Phi) is 5.48. The highest BCUT2D eigenvalue weighted by molar-refractivity contribution is 9.11. The van der Waals surface area contributed by atoms with Gasteiger partial charge in [0.15, 0.2) is 5.76 Å². The van der Waals surface area contributed by atoms with Crippen molar-refractivity contribution in [3.05, 3.63) is 90.0 Å². The van der Waals surface area contributed by atoms with Crippen LogP contribution in [0.4, 0.5) is 0 Å². The van der Waals surface area contributed by atoms with Gasteiger partial charge in [-0.05, 0) is 86.0 Å². The lowest BCUT2D eigenvalue weighted by molar-refractivity contribution is 0.468. The Labute approximate surface area is 206 Å². The van der Waals surface area contributed by atoms with E-state index in [4.69, 9.17) is 4.42 Å². The van der Waals surface area contributed by atoms with Crippen molar-refractivity contribution in [3.8, 4) is 17.3 Å². The summed E-state index contributed by atoms with van der Waals surface area (Å²) >= 11 is 10.1. The summed E-state index contributed by atoms with van der Waals surface area (Å²) in [6.45, 7) is 0. The van der Waals surface area contributed by atoms with Gasteiger partial charge in [-0.1, -0.05) is 28.1 Å². The van der Waals surface area contributed by atoms with E-state index in [0.29, 0.717) is 36.8 Å². The van der Waals surface area contributed by atoms with Crippen LogP contribution in [0.1, 0.15) is 5.56 Å². The molecule has 1 N–H and O–H groups in total. The predicted molar refractivity (Wildman–Crippen MR) is 135 cm³/mol. The maximum atomic E-state index is 13.3. The molecule has 0 unspecified atom stereocenters. The highest BCUT2D eigenvalue weighted by Crippen LogP contribution is 2.33. The average molecular weight is 618 g/mol. The van der Waals surface area contributed by atoms with Gasteiger partial charge >= 0.3 is 0 Å². The lowest BCUT2D eigenvalue weighted by Crippen LogP contribution is -2.20. The van der Waals surface area contributed by atoms with Crippen LogP contribution in [0, 0.1) is 0 Å². The van der Waals surface area contributed by atoms with Gasteiger partial charge in [-0.15, -0.1) is 0 Å². The third-order valence-electron chi connectivity index (χ3n) is 4.81. The largest absolute Gasteiger partial charge is 0.506 e. The molecule has 32 heavy (non-hydrogen) atoms. The van der Waals surface area contributed by atoms with Gasteiger partial charge in [-0.2, -0.15) is 9.78 Å². The van der Waals surface area contributed by atoms with E-state index in [1.54, 1.807) is 30.3 Å². The molecule has 5 rings (SSSR count). The molecule has 0 aliphatic carbocycles. The number of fused-ring (bicyclic) bond motifs is 2. The van der Waals surface area contributed by atoms with Gasteiger partial charge in [-0.3, -0.25) is 4.79 Å². The molecular weight excluding hydrogens is 606 g/mol. The third-order valence-corrected chi connectivity index (χ3v) is 6.52. The Morgan fingerprint density at radius 1 is 1.00 bits per heavy atom. The van der Waals surface area contributed by atoms with Crippen molar-refractivity contribution in [1.82, 2.24) is 9.66 Å². The highest BCUT2D eigenvalue weighted by Gasteiger charge is 2.16. The smallest absolute Gasteiger partial charge is 0.282 e. The van der Waals surface area contributed by atoms with E-state index in [-0.39, 0.29) is 17.1 Å². The second-order valence-electron chi connectivity index (χ2n) is 6.94. The molecular formula is C23H12Br3N3O3. The summed E-state index contributed by atoms with van der Waals surface area (Å²) in [6.07, 6.45) is 1.52. The minimum absolute atomic E-state index is 0.0841. The van der Waals surface area contributed by atoms with Crippen LogP contribution in [0.5, 0.6) is 5.75 Å². The molecule has 0 fully saturated rings. The van der Waals surface area contributed by atoms with E-state index in [2.05, 4.69) is 57.9 Å². The second kappa shape index (κ2) is 8.31. The number of phenolic OH excluding ortho intramolecular Hbond substituents is 1. The highest BCUT2D eigenvalue weighted by atomic mass is 79.9. The average Bonchev–Trinajstić information content (AvgIpc) is 3.19. The lowest BCUT2D eigenvalue weighted by atomic mass is 10.2. The van der Waals surface area contributed by atoms with Gasteiger partial charge in [0.25, 0.3) is 5.56 Å². The summed E-state index contributed by atoms with van der Waals surface area (Å²) in [4.78, 5) is 18.0. The number of nitrogens with zero attached hydrogens (tertiary/aromatic N) is 3. The van der Waals surface area contributed by atoms with Crippen LogP contribution in [0.15, 0.2) is 88.4 Å². The monoisotopic (exact) mass is 615 g/mol. The number of para-hydroxylation sites is 1. The number of phenols is 1. The summed E-state index contributed by atoms with van der Waals surface area (Å²) < 4.78 is 9.14. The summed E-state index contributed by atoms with van der Waals surface area (Å²) in [5.74, 6) is 0.793. The molecule has 2 heterocycles. The Morgan fingerprint density at radius 2 is 1.75 bits per heavy atom. The van der Waals surface area contributed by atoms with Crippen molar-refractivity contribution in [1.29, 1.82) is 0 Å². The molecule has 0 aliphatic rings. The zero-order valence-electron chi connectivity index (χ0n) is 16.1. The van der Waals surface area contributed by atoms with Crippen molar-refractivity contribution in [3.63, 3.8) is 0 Å². The molecule has 158 valence electrons. The lowest BCUT2D eigenvalue weighted by Gasteiger charge is -2.07. The minimum Gasteiger partial charge on any atom is -0.506 e. The maximum Gasteiger partial charge on any atom is 0.282 e. The minimum atomic E-state index is -0.319. The number of aromatic nitrogens is 2. The first-order valence-corrected chi connectivity index (χ1v) is 11.7. The Balaban J connectivity index is 1.73. The van der Waals surface area contributed by atoms with Gasteiger partial charge in [0.2, 0.25) is 5.82 Å².